The molecule has 0 saturated carbocycles. The van der Waals surface area contributed by atoms with Crippen LogP contribution in [-0.4, -0.2) is 62.1 Å². The molecule has 2 aliphatic heterocycles. The van der Waals surface area contributed by atoms with Gasteiger partial charge in [0.2, 0.25) is 5.91 Å². The molecular weight excluding hydrogens is 442 g/mol. The van der Waals surface area contributed by atoms with E-state index >= 15 is 0 Å². The van der Waals surface area contributed by atoms with Crippen LogP contribution in [0.4, 0.5) is 0 Å². The predicted octanol–water partition coefficient (Wildman–Crippen LogP) is 3.86. The smallest absolute Gasteiger partial charge is 0.247 e. The number of hydrazone groups is 1. The Kier molecular flexibility index (Phi) is 7.16. The van der Waals surface area contributed by atoms with Gasteiger partial charge in [0, 0.05) is 31.1 Å². The molecular formula is C28H33N3O4. The van der Waals surface area contributed by atoms with E-state index in [2.05, 4.69) is 35.3 Å². The normalized spacial score (nSPS) is 22.5. The first-order valence-electron chi connectivity index (χ1n) is 12.3. The van der Waals surface area contributed by atoms with Gasteiger partial charge in [0.1, 0.15) is 0 Å². The molecule has 2 aromatic rings. The minimum absolute atomic E-state index is 0.0606. The van der Waals surface area contributed by atoms with Crippen LogP contribution in [0, 0.1) is 11.8 Å². The maximum atomic E-state index is 13.6. The highest BCUT2D eigenvalue weighted by atomic mass is 16.5. The van der Waals surface area contributed by atoms with Crippen molar-refractivity contribution in [2.24, 2.45) is 16.9 Å². The predicted molar refractivity (Wildman–Crippen MR) is 135 cm³/mol. The summed E-state index contributed by atoms with van der Waals surface area (Å²) in [5.41, 5.74) is 4.26. The lowest BCUT2D eigenvalue weighted by Gasteiger charge is -2.37. The van der Waals surface area contributed by atoms with Gasteiger partial charge in [0.15, 0.2) is 11.5 Å². The quantitative estimate of drug-likeness (QED) is 0.569. The zero-order valence-electron chi connectivity index (χ0n) is 20.5. The minimum Gasteiger partial charge on any atom is -0.493 e. The van der Waals surface area contributed by atoms with Crippen molar-refractivity contribution in [2.45, 2.75) is 25.9 Å². The Bertz CT molecular complexity index is 1120. The number of nitrogens with zero attached hydrogens (tertiary/aromatic N) is 3. The molecule has 7 nitrogen and oxygen atoms in total. The van der Waals surface area contributed by atoms with E-state index < -0.39 is 0 Å². The number of fused-ring (bicyclic) bond motifs is 1. The molecule has 2 atom stereocenters. The molecule has 0 aromatic heterocycles. The number of hydrogen-bond donors (Lipinski definition) is 0. The second-order valence-corrected chi connectivity index (χ2v) is 9.26. The summed E-state index contributed by atoms with van der Waals surface area (Å²) >= 11 is 0. The van der Waals surface area contributed by atoms with Crippen LogP contribution in [0.25, 0.3) is 0 Å². The van der Waals surface area contributed by atoms with Crippen LogP contribution in [0.5, 0.6) is 11.5 Å². The number of rotatable bonds is 7. The second kappa shape index (κ2) is 10.6. The van der Waals surface area contributed by atoms with Gasteiger partial charge in [0.05, 0.1) is 45.6 Å². The van der Waals surface area contributed by atoms with E-state index in [0.29, 0.717) is 18.0 Å². The summed E-state index contributed by atoms with van der Waals surface area (Å²) in [6.07, 6.45) is 5.84. The fourth-order valence-corrected chi connectivity index (χ4v) is 5.24. The van der Waals surface area contributed by atoms with Gasteiger partial charge in [-0.15, -0.1) is 0 Å². The number of methoxy groups -OCH3 is 2. The van der Waals surface area contributed by atoms with Gasteiger partial charge in [-0.3, -0.25) is 9.69 Å². The van der Waals surface area contributed by atoms with Gasteiger partial charge in [-0.05, 0) is 42.2 Å². The summed E-state index contributed by atoms with van der Waals surface area (Å²) < 4.78 is 16.5. The zero-order valence-corrected chi connectivity index (χ0v) is 20.5. The van der Waals surface area contributed by atoms with E-state index in [1.165, 1.54) is 5.56 Å². The van der Waals surface area contributed by atoms with E-state index in [9.17, 15) is 4.79 Å². The van der Waals surface area contributed by atoms with Gasteiger partial charge < -0.3 is 14.2 Å². The number of hydrogen-bond acceptors (Lipinski definition) is 6. The van der Waals surface area contributed by atoms with Crippen molar-refractivity contribution >= 4 is 11.6 Å². The van der Waals surface area contributed by atoms with Crippen molar-refractivity contribution < 1.29 is 19.0 Å². The maximum Gasteiger partial charge on any atom is 0.247 e. The molecule has 1 amide bonds. The molecule has 2 heterocycles. The van der Waals surface area contributed by atoms with Gasteiger partial charge in [0.25, 0.3) is 0 Å². The molecule has 35 heavy (non-hydrogen) atoms. The lowest BCUT2D eigenvalue weighted by atomic mass is 9.76. The first kappa shape index (κ1) is 23.6. The lowest BCUT2D eigenvalue weighted by molar-refractivity contribution is -0.138. The highest BCUT2D eigenvalue weighted by Crippen LogP contribution is 2.37. The van der Waals surface area contributed by atoms with Crippen LogP contribution < -0.4 is 9.47 Å². The Morgan fingerprint density at radius 3 is 2.31 bits per heavy atom. The molecule has 3 aliphatic rings. The molecule has 0 N–H and O–H groups in total. The average molecular weight is 476 g/mol. The monoisotopic (exact) mass is 475 g/mol. The van der Waals surface area contributed by atoms with E-state index in [1.807, 2.05) is 24.3 Å². The van der Waals surface area contributed by atoms with Crippen LogP contribution in [0.3, 0.4) is 0 Å². The lowest BCUT2D eigenvalue weighted by Crippen LogP contribution is -2.45. The third-order valence-electron chi connectivity index (χ3n) is 7.20. The number of carbonyl (C=O) groups excluding carboxylic acids is 1. The fourth-order valence-electron chi connectivity index (χ4n) is 5.24. The largest absolute Gasteiger partial charge is 0.493 e. The van der Waals surface area contributed by atoms with Gasteiger partial charge >= 0.3 is 0 Å². The third-order valence-corrected chi connectivity index (χ3v) is 7.20. The van der Waals surface area contributed by atoms with Crippen molar-refractivity contribution in [3.8, 4) is 11.5 Å². The van der Waals surface area contributed by atoms with E-state index in [4.69, 9.17) is 19.3 Å². The third kappa shape index (κ3) is 4.97. The molecule has 1 saturated heterocycles. The van der Waals surface area contributed by atoms with Crippen molar-refractivity contribution in [3.05, 3.63) is 71.3 Å². The van der Waals surface area contributed by atoms with Crippen LogP contribution in [0.2, 0.25) is 0 Å². The molecule has 7 heteroatoms. The molecule has 0 spiro atoms. The Balaban J connectivity index is 1.47. The molecule has 184 valence electrons. The molecule has 1 fully saturated rings. The van der Waals surface area contributed by atoms with Gasteiger partial charge in [-0.1, -0.05) is 36.4 Å². The van der Waals surface area contributed by atoms with Crippen LogP contribution >= 0.6 is 0 Å². The highest BCUT2D eigenvalue weighted by molar-refractivity contribution is 6.07. The first-order valence-corrected chi connectivity index (χ1v) is 12.3. The summed E-state index contributed by atoms with van der Waals surface area (Å²) in [4.78, 5) is 16.0. The topological polar surface area (TPSA) is 63.6 Å². The molecule has 5 rings (SSSR count). The van der Waals surface area contributed by atoms with Crippen LogP contribution in [0.15, 0.2) is 59.7 Å². The first-order chi connectivity index (χ1) is 17.2. The number of benzene rings is 2. The standard InChI is InChI=1S/C28H33N3O4/c1-33-25-12-11-20(17-26(25)34-2)27-23-9-5-6-10-24(23)28(32)31(29-27)19-22-8-4-3-7-21(22)18-30-13-15-35-16-14-30/h3-8,11-12,17,23-24H,9-10,13-16,18-19H2,1-2H3/t23-,24+/m0/s1. The van der Waals surface area contributed by atoms with Gasteiger partial charge in [-0.25, -0.2) is 5.01 Å². The van der Waals surface area contributed by atoms with Crippen molar-refractivity contribution in [1.82, 2.24) is 9.91 Å². The summed E-state index contributed by atoms with van der Waals surface area (Å²) in [5, 5.41) is 6.65. The molecule has 1 aliphatic carbocycles. The van der Waals surface area contributed by atoms with Crippen molar-refractivity contribution in [3.63, 3.8) is 0 Å². The SMILES string of the molecule is COc1ccc(C2=NN(Cc3ccccc3CN3CCOCC3)C(=O)[C@@H]3CC=CC[C@H]23)cc1OC. The summed E-state index contributed by atoms with van der Waals surface area (Å²) in [6, 6.07) is 14.3. The summed E-state index contributed by atoms with van der Waals surface area (Å²) in [5.74, 6) is 1.40. The Labute approximate surface area is 207 Å². The maximum absolute atomic E-state index is 13.6. The second-order valence-electron chi connectivity index (χ2n) is 9.26. The van der Waals surface area contributed by atoms with Crippen LogP contribution in [0.1, 0.15) is 29.5 Å². The Hall–Kier alpha value is -3.16. The van der Waals surface area contributed by atoms with E-state index in [-0.39, 0.29) is 17.7 Å². The van der Waals surface area contributed by atoms with E-state index in [1.54, 1.807) is 19.2 Å². The Morgan fingerprint density at radius 1 is 0.914 bits per heavy atom. The van der Waals surface area contributed by atoms with E-state index in [0.717, 1.165) is 62.5 Å². The highest BCUT2D eigenvalue weighted by Gasteiger charge is 2.40. The summed E-state index contributed by atoms with van der Waals surface area (Å²) in [7, 11) is 3.27. The molecule has 0 radical (unpaired) electrons. The Morgan fingerprint density at radius 2 is 1.60 bits per heavy atom. The van der Waals surface area contributed by atoms with Crippen molar-refractivity contribution in [2.75, 3.05) is 40.5 Å². The fraction of sp³-hybridized carbons (Fsp3) is 0.429. The molecule has 0 bridgehead atoms. The molecule has 2 aromatic carbocycles. The number of ether oxygens (including phenoxy) is 3. The summed E-state index contributed by atoms with van der Waals surface area (Å²) in [6.45, 7) is 4.69. The number of morpholine rings is 1. The minimum atomic E-state index is -0.105. The van der Waals surface area contributed by atoms with Crippen molar-refractivity contribution in [1.29, 1.82) is 0 Å². The number of amides is 1. The number of allylic oxidation sites excluding steroid dienone is 2. The average Bonchev–Trinajstić information content (AvgIpc) is 2.91. The zero-order chi connectivity index (χ0) is 24.2. The number of carbonyl (C=O) groups is 1. The van der Waals surface area contributed by atoms with Crippen LogP contribution in [-0.2, 0) is 22.6 Å². The van der Waals surface area contributed by atoms with Gasteiger partial charge in [-0.2, -0.15) is 5.10 Å². The molecule has 0 unspecified atom stereocenters.